The van der Waals surface area contributed by atoms with Gasteiger partial charge >= 0.3 is 0 Å². The van der Waals surface area contributed by atoms with E-state index in [2.05, 4.69) is 22.0 Å². The second-order valence-electron chi connectivity index (χ2n) is 5.54. The molecule has 114 valence electrons. The minimum absolute atomic E-state index is 0.0193. The van der Waals surface area contributed by atoms with Crippen molar-refractivity contribution in [2.75, 3.05) is 0 Å². The molecule has 0 unspecified atom stereocenters. The second-order valence-corrected chi connectivity index (χ2v) is 6.89. The fraction of sp³-hybridized carbons (Fsp3) is 0.111. The van der Waals surface area contributed by atoms with Gasteiger partial charge in [0.05, 0.1) is 5.69 Å². The number of aromatic nitrogens is 2. The summed E-state index contributed by atoms with van der Waals surface area (Å²) in [6, 6.07) is 11.4. The van der Waals surface area contributed by atoms with Crippen LogP contribution in [0.15, 0.2) is 51.9 Å². The molecule has 0 saturated carbocycles. The molecular formula is C18H12BrClN2O. The van der Waals surface area contributed by atoms with Crippen LogP contribution in [0.5, 0.6) is 0 Å². The van der Waals surface area contributed by atoms with E-state index in [9.17, 15) is 4.79 Å². The minimum Gasteiger partial charge on any atom is -0.269 e. The number of pyridine rings is 1. The lowest BCUT2D eigenvalue weighted by molar-refractivity contribution is 0.968. The largest absolute Gasteiger partial charge is 0.269 e. The molecule has 0 spiro atoms. The Labute approximate surface area is 146 Å². The van der Waals surface area contributed by atoms with Crippen LogP contribution in [0, 0.1) is 0 Å². The molecule has 0 aliphatic heterocycles. The van der Waals surface area contributed by atoms with E-state index in [4.69, 9.17) is 16.6 Å². The maximum atomic E-state index is 12.7. The number of fused-ring (bicyclic) bond motifs is 2. The molecule has 2 heterocycles. The summed E-state index contributed by atoms with van der Waals surface area (Å²) in [4.78, 5) is 17.4. The van der Waals surface area contributed by atoms with E-state index in [0.29, 0.717) is 10.7 Å². The van der Waals surface area contributed by atoms with E-state index >= 15 is 0 Å². The van der Waals surface area contributed by atoms with Gasteiger partial charge in [0.15, 0.2) is 0 Å². The van der Waals surface area contributed by atoms with E-state index in [1.165, 1.54) is 0 Å². The predicted molar refractivity (Wildman–Crippen MR) is 96.8 cm³/mol. The van der Waals surface area contributed by atoms with Crippen molar-refractivity contribution < 1.29 is 0 Å². The Balaban J connectivity index is 1.88. The van der Waals surface area contributed by atoms with E-state index in [-0.39, 0.29) is 5.56 Å². The van der Waals surface area contributed by atoms with Crippen molar-refractivity contribution in [3.8, 4) is 0 Å². The number of benzene rings is 1. The monoisotopic (exact) mass is 386 g/mol. The maximum absolute atomic E-state index is 12.7. The summed E-state index contributed by atoms with van der Waals surface area (Å²) < 4.78 is 2.47. The second kappa shape index (κ2) is 5.62. The van der Waals surface area contributed by atoms with Gasteiger partial charge in [0.2, 0.25) is 0 Å². The van der Waals surface area contributed by atoms with Crippen molar-refractivity contribution in [3.63, 3.8) is 0 Å². The molecule has 1 aliphatic rings. The van der Waals surface area contributed by atoms with E-state index in [1.807, 2.05) is 36.4 Å². The van der Waals surface area contributed by atoms with Crippen LogP contribution >= 0.6 is 27.5 Å². The van der Waals surface area contributed by atoms with Crippen LogP contribution in [-0.4, -0.2) is 9.38 Å². The highest BCUT2D eigenvalue weighted by Crippen LogP contribution is 2.31. The molecule has 1 aliphatic carbocycles. The first-order valence-corrected chi connectivity index (χ1v) is 8.46. The zero-order chi connectivity index (χ0) is 16.0. The molecule has 0 radical (unpaired) electrons. The number of allylic oxidation sites excluding steroid dienone is 1. The molecule has 0 saturated heterocycles. The number of hydrogen-bond donors (Lipinski definition) is 0. The Bertz CT molecular complexity index is 1010. The van der Waals surface area contributed by atoms with Gasteiger partial charge in [0.25, 0.3) is 5.56 Å². The summed E-state index contributed by atoms with van der Waals surface area (Å²) in [5.74, 6) is 0. The van der Waals surface area contributed by atoms with Crippen molar-refractivity contribution in [2.24, 2.45) is 0 Å². The van der Waals surface area contributed by atoms with Gasteiger partial charge in [0, 0.05) is 21.3 Å². The highest BCUT2D eigenvalue weighted by atomic mass is 79.9. The topological polar surface area (TPSA) is 34.4 Å². The van der Waals surface area contributed by atoms with Crippen molar-refractivity contribution in [1.29, 1.82) is 0 Å². The van der Waals surface area contributed by atoms with Gasteiger partial charge in [-0.2, -0.15) is 0 Å². The highest BCUT2D eigenvalue weighted by Gasteiger charge is 2.22. The molecule has 0 N–H and O–H groups in total. The van der Waals surface area contributed by atoms with Crippen LogP contribution in [-0.2, 0) is 6.42 Å². The Morgan fingerprint density at radius 1 is 1.13 bits per heavy atom. The third kappa shape index (κ3) is 2.62. The molecule has 0 amide bonds. The number of rotatable bonds is 1. The van der Waals surface area contributed by atoms with E-state index in [1.54, 1.807) is 10.6 Å². The molecule has 4 rings (SSSR count). The zero-order valence-corrected chi connectivity index (χ0v) is 14.4. The summed E-state index contributed by atoms with van der Waals surface area (Å²) in [5, 5.41) is 0.715. The standard InChI is InChI=1S/C18H12BrClN2O/c19-13-4-8-16-21-17-12(9-11-1-5-14(20)6-2-11)3-7-15(17)18(23)22(16)10-13/h1-2,4-6,8-10H,3,7H2. The lowest BCUT2D eigenvalue weighted by Gasteiger charge is -2.05. The molecule has 3 aromatic rings. The Hall–Kier alpha value is -1.91. The van der Waals surface area contributed by atoms with Crippen molar-refractivity contribution >= 4 is 44.8 Å². The van der Waals surface area contributed by atoms with Crippen LogP contribution in [0.4, 0.5) is 0 Å². The molecule has 1 aromatic carbocycles. The van der Waals surface area contributed by atoms with Gasteiger partial charge in [-0.15, -0.1) is 0 Å². The van der Waals surface area contributed by atoms with E-state index < -0.39 is 0 Å². The molecule has 0 bridgehead atoms. The van der Waals surface area contributed by atoms with Gasteiger partial charge in [-0.25, -0.2) is 4.98 Å². The minimum atomic E-state index is 0.0193. The lowest BCUT2D eigenvalue weighted by Crippen LogP contribution is -2.19. The molecule has 23 heavy (non-hydrogen) atoms. The highest BCUT2D eigenvalue weighted by molar-refractivity contribution is 9.10. The molecule has 0 fully saturated rings. The molecule has 2 aromatic heterocycles. The van der Waals surface area contributed by atoms with Crippen molar-refractivity contribution in [2.45, 2.75) is 12.8 Å². The molecule has 5 heteroatoms. The summed E-state index contributed by atoms with van der Waals surface area (Å²) >= 11 is 9.33. The summed E-state index contributed by atoms with van der Waals surface area (Å²) in [6.07, 6.45) is 5.42. The number of halogens is 2. The first kappa shape index (κ1) is 14.7. The fourth-order valence-corrected chi connectivity index (χ4v) is 3.38. The average Bonchev–Trinajstić information content (AvgIpc) is 2.94. The average molecular weight is 388 g/mol. The smallest absolute Gasteiger partial charge is 0.261 e. The van der Waals surface area contributed by atoms with Gasteiger partial charge < -0.3 is 0 Å². The first-order chi connectivity index (χ1) is 11.1. The van der Waals surface area contributed by atoms with Gasteiger partial charge in [-0.3, -0.25) is 9.20 Å². The molecule has 0 atom stereocenters. The fourth-order valence-electron chi connectivity index (χ4n) is 2.92. The van der Waals surface area contributed by atoms with Crippen molar-refractivity contribution in [1.82, 2.24) is 9.38 Å². The Kier molecular flexibility index (Phi) is 3.58. The normalized spacial score (nSPS) is 15.3. The van der Waals surface area contributed by atoms with Crippen LogP contribution in [0.1, 0.15) is 23.2 Å². The van der Waals surface area contributed by atoms with E-state index in [0.717, 1.165) is 39.7 Å². The Morgan fingerprint density at radius 3 is 2.70 bits per heavy atom. The maximum Gasteiger partial charge on any atom is 0.261 e. The molecule has 3 nitrogen and oxygen atoms in total. The first-order valence-electron chi connectivity index (χ1n) is 7.29. The third-order valence-corrected chi connectivity index (χ3v) is 4.76. The molecular weight excluding hydrogens is 376 g/mol. The quantitative estimate of drug-likeness (QED) is 0.612. The van der Waals surface area contributed by atoms with Crippen LogP contribution in [0.2, 0.25) is 5.02 Å². The summed E-state index contributed by atoms with van der Waals surface area (Å²) in [6.45, 7) is 0. The zero-order valence-electron chi connectivity index (χ0n) is 12.1. The summed E-state index contributed by atoms with van der Waals surface area (Å²) in [7, 11) is 0. The van der Waals surface area contributed by atoms with Crippen molar-refractivity contribution in [3.05, 3.63) is 79.3 Å². The van der Waals surface area contributed by atoms with Crippen LogP contribution in [0.3, 0.4) is 0 Å². The van der Waals surface area contributed by atoms with Gasteiger partial charge in [0.1, 0.15) is 5.65 Å². The predicted octanol–water partition coefficient (Wildman–Crippen LogP) is 4.60. The Morgan fingerprint density at radius 2 is 1.91 bits per heavy atom. The van der Waals surface area contributed by atoms with Gasteiger partial charge in [-0.05, 0) is 70.2 Å². The number of nitrogens with zero attached hydrogens (tertiary/aromatic N) is 2. The SMILES string of the molecule is O=c1c2c(nc3ccc(Br)cn13)C(=Cc1ccc(Cl)cc1)CC2. The van der Waals surface area contributed by atoms with Crippen LogP contribution < -0.4 is 5.56 Å². The summed E-state index contributed by atoms with van der Waals surface area (Å²) in [5.41, 5.74) is 4.47. The number of hydrogen-bond acceptors (Lipinski definition) is 2. The van der Waals surface area contributed by atoms with Gasteiger partial charge in [-0.1, -0.05) is 23.7 Å². The van der Waals surface area contributed by atoms with Crippen LogP contribution in [0.25, 0.3) is 17.3 Å². The lowest BCUT2D eigenvalue weighted by atomic mass is 10.1. The third-order valence-electron chi connectivity index (χ3n) is 4.04.